The molecule has 2 rings (SSSR count). The summed E-state index contributed by atoms with van der Waals surface area (Å²) in [7, 11) is 0. The van der Waals surface area contributed by atoms with Gasteiger partial charge in [0.05, 0.1) is 32.8 Å². The lowest BCUT2D eigenvalue weighted by Gasteiger charge is -2.32. The van der Waals surface area contributed by atoms with Crippen LogP contribution in [0, 0.1) is 0 Å². The summed E-state index contributed by atoms with van der Waals surface area (Å²) in [6.07, 6.45) is 0. The maximum Gasteiger partial charge on any atom is 0.254 e. The fourth-order valence-corrected chi connectivity index (χ4v) is 2.63. The standard InChI is InChI=1S/C16H24N2O2/c1-13(2)14-3-5-15(6-4-14)16(20)18-9-7-17(8-10-18)11-12-19/h3-6,13,19H,7-12H2,1-2H3/p+1. The minimum Gasteiger partial charge on any atom is -0.391 e. The van der Waals surface area contributed by atoms with Crippen LogP contribution in [-0.2, 0) is 0 Å². The summed E-state index contributed by atoms with van der Waals surface area (Å²) in [4.78, 5) is 15.7. The number of carbonyl (C=O) groups is 1. The highest BCUT2D eigenvalue weighted by Gasteiger charge is 2.23. The zero-order valence-corrected chi connectivity index (χ0v) is 12.4. The zero-order chi connectivity index (χ0) is 14.5. The Hall–Kier alpha value is -1.39. The van der Waals surface area contributed by atoms with Crippen molar-refractivity contribution in [3.63, 3.8) is 0 Å². The molecular formula is C16H25N2O2+. The van der Waals surface area contributed by atoms with Gasteiger partial charge >= 0.3 is 0 Å². The van der Waals surface area contributed by atoms with Gasteiger partial charge in [0.2, 0.25) is 0 Å². The van der Waals surface area contributed by atoms with E-state index in [-0.39, 0.29) is 12.5 Å². The number of aliphatic hydroxyl groups excluding tert-OH is 1. The van der Waals surface area contributed by atoms with Gasteiger partial charge in [0, 0.05) is 5.56 Å². The van der Waals surface area contributed by atoms with Gasteiger partial charge < -0.3 is 14.9 Å². The molecule has 1 amide bonds. The van der Waals surface area contributed by atoms with E-state index in [1.807, 2.05) is 29.2 Å². The number of piperazine rings is 1. The average molecular weight is 277 g/mol. The third-order valence-electron chi connectivity index (χ3n) is 4.05. The molecule has 0 spiro atoms. The molecule has 0 saturated carbocycles. The van der Waals surface area contributed by atoms with Gasteiger partial charge in [-0.1, -0.05) is 26.0 Å². The van der Waals surface area contributed by atoms with E-state index < -0.39 is 0 Å². The van der Waals surface area contributed by atoms with Crippen LogP contribution in [0.2, 0.25) is 0 Å². The summed E-state index contributed by atoms with van der Waals surface area (Å²) in [5, 5.41) is 8.94. The predicted molar refractivity (Wildman–Crippen MR) is 79.1 cm³/mol. The first-order valence-corrected chi connectivity index (χ1v) is 7.45. The summed E-state index contributed by atoms with van der Waals surface area (Å²) in [5.41, 5.74) is 2.04. The SMILES string of the molecule is CC(C)c1ccc(C(=O)N2CC[NH+](CCO)CC2)cc1. The number of nitrogens with one attached hydrogen (secondary N) is 1. The second kappa shape index (κ2) is 6.86. The molecule has 1 heterocycles. The summed E-state index contributed by atoms with van der Waals surface area (Å²) >= 11 is 0. The van der Waals surface area contributed by atoms with Crippen LogP contribution in [0.1, 0.15) is 35.7 Å². The molecule has 0 bridgehead atoms. The molecule has 1 aromatic rings. The molecule has 0 unspecified atom stereocenters. The third-order valence-corrected chi connectivity index (χ3v) is 4.05. The average Bonchev–Trinajstić information content (AvgIpc) is 2.48. The number of rotatable bonds is 4. The van der Waals surface area contributed by atoms with Gasteiger partial charge in [-0.15, -0.1) is 0 Å². The first kappa shape index (κ1) is 15.0. The van der Waals surface area contributed by atoms with Crippen LogP contribution in [0.4, 0.5) is 0 Å². The molecule has 1 saturated heterocycles. The smallest absolute Gasteiger partial charge is 0.254 e. The van der Waals surface area contributed by atoms with Crippen LogP contribution in [0.15, 0.2) is 24.3 Å². The maximum atomic E-state index is 12.4. The van der Waals surface area contributed by atoms with E-state index >= 15 is 0 Å². The molecule has 4 nitrogen and oxygen atoms in total. The molecule has 1 aliphatic heterocycles. The van der Waals surface area contributed by atoms with E-state index in [4.69, 9.17) is 5.11 Å². The Labute approximate surface area is 121 Å². The van der Waals surface area contributed by atoms with E-state index in [9.17, 15) is 4.79 Å². The number of carbonyl (C=O) groups excluding carboxylic acids is 1. The Balaban J connectivity index is 1.95. The molecule has 2 N–H and O–H groups in total. The predicted octanol–water partition coefficient (Wildman–Crippen LogP) is 0.143. The highest BCUT2D eigenvalue weighted by Crippen LogP contribution is 2.15. The topological polar surface area (TPSA) is 45.0 Å². The molecule has 0 radical (unpaired) electrons. The maximum absolute atomic E-state index is 12.4. The highest BCUT2D eigenvalue weighted by atomic mass is 16.3. The van der Waals surface area contributed by atoms with Gasteiger partial charge in [-0.05, 0) is 23.6 Å². The summed E-state index contributed by atoms with van der Waals surface area (Å²) in [6.45, 7) is 8.72. The summed E-state index contributed by atoms with van der Waals surface area (Å²) in [6, 6.07) is 7.96. The van der Waals surface area contributed by atoms with E-state index in [0.29, 0.717) is 5.92 Å². The first-order valence-electron chi connectivity index (χ1n) is 7.45. The lowest BCUT2D eigenvalue weighted by atomic mass is 10.0. The van der Waals surface area contributed by atoms with Crippen LogP contribution >= 0.6 is 0 Å². The molecule has 0 atom stereocenters. The number of quaternary nitrogens is 1. The van der Waals surface area contributed by atoms with Crippen molar-refractivity contribution < 1.29 is 14.8 Å². The zero-order valence-electron chi connectivity index (χ0n) is 12.4. The van der Waals surface area contributed by atoms with Gasteiger partial charge in [-0.25, -0.2) is 0 Å². The lowest BCUT2D eigenvalue weighted by Crippen LogP contribution is -3.15. The summed E-state index contributed by atoms with van der Waals surface area (Å²) in [5.74, 6) is 0.619. The van der Waals surface area contributed by atoms with Crippen molar-refractivity contribution in [1.82, 2.24) is 4.90 Å². The van der Waals surface area contributed by atoms with Gasteiger partial charge in [0.15, 0.2) is 0 Å². The number of amides is 1. The Morgan fingerprint density at radius 3 is 2.35 bits per heavy atom. The van der Waals surface area contributed by atoms with Crippen molar-refractivity contribution in [3.05, 3.63) is 35.4 Å². The minimum atomic E-state index is 0.128. The van der Waals surface area contributed by atoms with Gasteiger partial charge in [-0.3, -0.25) is 4.79 Å². The van der Waals surface area contributed by atoms with Crippen LogP contribution in [0.5, 0.6) is 0 Å². The largest absolute Gasteiger partial charge is 0.391 e. The van der Waals surface area contributed by atoms with Crippen LogP contribution in [0.25, 0.3) is 0 Å². The molecular weight excluding hydrogens is 252 g/mol. The number of aliphatic hydroxyl groups is 1. The first-order chi connectivity index (χ1) is 9.61. The molecule has 0 aromatic heterocycles. The van der Waals surface area contributed by atoms with Crippen molar-refractivity contribution in [3.8, 4) is 0 Å². The molecule has 1 aliphatic rings. The van der Waals surface area contributed by atoms with E-state index in [0.717, 1.165) is 38.3 Å². The second-order valence-corrected chi connectivity index (χ2v) is 5.79. The van der Waals surface area contributed by atoms with E-state index in [1.165, 1.54) is 10.5 Å². The van der Waals surface area contributed by atoms with Gasteiger partial charge in [-0.2, -0.15) is 0 Å². The Kier molecular flexibility index (Phi) is 5.15. The van der Waals surface area contributed by atoms with Gasteiger partial charge in [0.1, 0.15) is 6.54 Å². The lowest BCUT2D eigenvalue weighted by molar-refractivity contribution is -0.904. The quantitative estimate of drug-likeness (QED) is 0.822. The molecule has 1 aromatic carbocycles. The minimum absolute atomic E-state index is 0.128. The number of benzene rings is 1. The van der Waals surface area contributed by atoms with Crippen molar-refractivity contribution in [1.29, 1.82) is 0 Å². The van der Waals surface area contributed by atoms with Crippen LogP contribution < -0.4 is 4.90 Å². The van der Waals surface area contributed by atoms with Crippen molar-refractivity contribution in [2.24, 2.45) is 0 Å². The number of nitrogens with zero attached hydrogens (tertiary/aromatic N) is 1. The Morgan fingerprint density at radius 2 is 1.85 bits per heavy atom. The van der Waals surface area contributed by atoms with Crippen molar-refractivity contribution >= 4 is 5.91 Å². The molecule has 1 fully saturated rings. The van der Waals surface area contributed by atoms with Crippen LogP contribution in [0.3, 0.4) is 0 Å². The molecule has 0 aliphatic carbocycles. The van der Waals surface area contributed by atoms with Crippen LogP contribution in [-0.4, -0.2) is 55.2 Å². The van der Waals surface area contributed by atoms with Gasteiger partial charge in [0.25, 0.3) is 5.91 Å². The van der Waals surface area contributed by atoms with Crippen molar-refractivity contribution in [2.75, 3.05) is 39.3 Å². The summed E-state index contributed by atoms with van der Waals surface area (Å²) < 4.78 is 0. The fourth-order valence-electron chi connectivity index (χ4n) is 2.63. The normalized spacial score (nSPS) is 16.7. The Morgan fingerprint density at radius 1 is 1.25 bits per heavy atom. The van der Waals surface area contributed by atoms with E-state index in [1.54, 1.807) is 0 Å². The Bertz CT molecular complexity index is 434. The fraction of sp³-hybridized carbons (Fsp3) is 0.562. The molecule has 20 heavy (non-hydrogen) atoms. The number of hydrogen-bond acceptors (Lipinski definition) is 2. The molecule has 110 valence electrons. The molecule has 4 heteroatoms. The number of hydrogen-bond donors (Lipinski definition) is 2. The van der Waals surface area contributed by atoms with Crippen molar-refractivity contribution in [2.45, 2.75) is 19.8 Å². The third kappa shape index (κ3) is 3.58. The van der Waals surface area contributed by atoms with E-state index in [2.05, 4.69) is 13.8 Å². The highest BCUT2D eigenvalue weighted by molar-refractivity contribution is 5.94. The monoisotopic (exact) mass is 277 g/mol. The second-order valence-electron chi connectivity index (χ2n) is 5.79.